The van der Waals surface area contributed by atoms with E-state index in [0.717, 1.165) is 4.68 Å². The minimum atomic E-state index is -1.30. The number of fused-ring (bicyclic) bond motifs is 1. The van der Waals surface area contributed by atoms with Crippen molar-refractivity contribution in [3.05, 3.63) is 69.9 Å². The first-order valence-electron chi connectivity index (χ1n) is 8.61. The Morgan fingerprint density at radius 2 is 1.90 bits per heavy atom. The highest BCUT2D eigenvalue weighted by Gasteiger charge is 2.18. The fraction of sp³-hybridized carbons (Fsp3) is 0.200. The molecule has 3 aromatic rings. The lowest BCUT2D eigenvalue weighted by Gasteiger charge is -2.18. The number of rotatable bonds is 6. The van der Waals surface area contributed by atoms with Crippen molar-refractivity contribution in [3.8, 4) is 5.75 Å². The van der Waals surface area contributed by atoms with Gasteiger partial charge in [-0.1, -0.05) is 24.3 Å². The van der Waals surface area contributed by atoms with Crippen molar-refractivity contribution in [2.75, 3.05) is 14.2 Å². The van der Waals surface area contributed by atoms with Crippen LogP contribution in [0.4, 0.5) is 4.39 Å². The number of aromatic carboxylic acids is 1. The van der Waals surface area contributed by atoms with E-state index in [0.29, 0.717) is 5.56 Å². The zero-order chi connectivity index (χ0) is 21.1. The molecule has 29 heavy (non-hydrogen) atoms. The highest BCUT2D eigenvalue weighted by Crippen LogP contribution is 2.18. The van der Waals surface area contributed by atoms with Gasteiger partial charge in [-0.3, -0.25) is 9.59 Å². The molecule has 0 saturated carbocycles. The summed E-state index contributed by atoms with van der Waals surface area (Å²) in [5.74, 6) is -2.24. The third-order valence-electron chi connectivity index (χ3n) is 4.42. The molecule has 0 fully saturated rings. The van der Waals surface area contributed by atoms with E-state index in [9.17, 15) is 23.9 Å². The molecular formula is C20H18FN3O5. The Morgan fingerprint density at radius 3 is 2.52 bits per heavy atom. The van der Waals surface area contributed by atoms with Gasteiger partial charge in [0.2, 0.25) is 5.91 Å². The van der Waals surface area contributed by atoms with Crippen LogP contribution in [0.3, 0.4) is 0 Å². The topological polar surface area (TPSA) is 102 Å². The van der Waals surface area contributed by atoms with Crippen LogP contribution in [-0.2, 0) is 17.9 Å². The van der Waals surface area contributed by atoms with Crippen LogP contribution >= 0.6 is 0 Å². The predicted molar refractivity (Wildman–Crippen MR) is 102 cm³/mol. The molecule has 1 amide bonds. The first kappa shape index (κ1) is 20.0. The lowest BCUT2D eigenvalue weighted by Crippen LogP contribution is -2.35. The molecule has 0 saturated heterocycles. The van der Waals surface area contributed by atoms with E-state index in [1.165, 1.54) is 43.3 Å². The third-order valence-corrected chi connectivity index (χ3v) is 4.42. The molecule has 0 bridgehead atoms. The SMILES string of the molecule is COc1ccc(CN(C)C(=O)Cn2nc(C(=O)O)c3ccccc3c2=O)cc1F. The summed E-state index contributed by atoms with van der Waals surface area (Å²) in [5.41, 5.74) is -0.347. The van der Waals surface area contributed by atoms with Gasteiger partial charge >= 0.3 is 5.97 Å². The van der Waals surface area contributed by atoms with Gasteiger partial charge in [0, 0.05) is 19.0 Å². The van der Waals surface area contributed by atoms with Gasteiger partial charge < -0.3 is 14.7 Å². The third kappa shape index (κ3) is 4.08. The number of carboxylic acids is 1. The van der Waals surface area contributed by atoms with E-state index in [4.69, 9.17) is 4.74 Å². The number of hydrogen-bond donors (Lipinski definition) is 1. The molecule has 0 spiro atoms. The standard InChI is InChI=1S/C20H18FN3O5/c1-23(10-12-7-8-16(29-2)15(21)9-12)17(25)11-24-19(26)14-6-4-3-5-13(14)18(22-24)20(27)28/h3-9H,10-11H2,1-2H3,(H,27,28). The van der Waals surface area contributed by atoms with E-state index >= 15 is 0 Å². The van der Waals surface area contributed by atoms with Crippen molar-refractivity contribution in [2.24, 2.45) is 0 Å². The number of likely N-dealkylation sites (N-methyl/N-ethyl adjacent to an activating group) is 1. The van der Waals surface area contributed by atoms with Crippen LogP contribution < -0.4 is 10.3 Å². The number of amides is 1. The maximum Gasteiger partial charge on any atom is 0.357 e. The Balaban J connectivity index is 1.85. The lowest BCUT2D eigenvalue weighted by molar-refractivity contribution is -0.131. The van der Waals surface area contributed by atoms with E-state index in [1.807, 2.05) is 0 Å². The van der Waals surface area contributed by atoms with E-state index < -0.39 is 29.8 Å². The van der Waals surface area contributed by atoms with Crippen LogP contribution in [-0.4, -0.2) is 45.8 Å². The first-order valence-corrected chi connectivity index (χ1v) is 8.61. The summed E-state index contributed by atoms with van der Waals surface area (Å²) in [4.78, 5) is 38.0. The Kier molecular flexibility index (Phi) is 5.58. The fourth-order valence-electron chi connectivity index (χ4n) is 2.92. The summed E-state index contributed by atoms with van der Waals surface area (Å²) < 4.78 is 19.5. The molecule has 1 heterocycles. The summed E-state index contributed by atoms with van der Waals surface area (Å²) in [5, 5.41) is 13.6. The molecule has 3 rings (SSSR count). The van der Waals surface area contributed by atoms with Crippen LogP contribution in [0.15, 0.2) is 47.3 Å². The van der Waals surface area contributed by atoms with Crippen LogP contribution in [0.1, 0.15) is 16.1 Å². The Morgan fingerprint density at radius 1 is 1.21 bits per heavy atom. The highest BCUT2D eigenvalue weighted by atomic mass is 19.1. The van der Waals surface area contributed by atoms with Crippen molar-refractivity contribution >= 4 is 22.6 Å². The van der Waals surface area contributed by atoms with Crippen LogP contribution in [0, 0.1) is 5.82 Å². The Bertz CT molecular complexity index is 1160. The molecule has 0 aliphatic carbocycles. The van der Waals surface area contributed by atoms with Gasteiger partial charge in [-0.05, 0) is 23.8 Å². The molecule has 150 valence electrons. The van der Waals surface area contributed by atoms with E-state index in [2.05, 4.69) is 5.10 Å². The maximum atomic E-state index is 13.8. The molecule has 0 aliphatic heterocycles. The normalized spacial score (nSPS) is 10.7. The van der Waals surface area contributed by atoms with Gasteiger partial charge in [0.05, 0.1) is 12.5 Å². The number of carbonyl (C=O) groups excluding carboxylic acids is 1. The summed E-state index contributed by atoms with van der Waals surface area (Å²) >= 11 is 0. The van der Waals surface area contributed by atoms with Crippen LogP contribution in [0.2, 0.25) is 0 Å². The Labute approximate surface area is 164 Å². The number of halogens is 1. The Hall–Kier alpha value is -3.75. The number of carboxylic acid groups (broad SMARTS) is 1. The molecule has 0 unspecified atom stereocenters. The average Bonchev–Trinajstić information content (AvgIpc) is 2.70. The maximum absolute atomic E-state index is 13.8. The van der Waals surface area contributed by atoms with Gasteiger partial charge in [0.15, 0.2) is 17.3 Å². The predicted octanol–water partition coefficient (Wildman–Crippen LogP) is 1.90. The van der Waals surface area contributed by atoms with Crippen LogP contribution in [0.25, 0.3) is 10.8 Å². The minimum Gasteiger partial charge on any atom is -0.494 e. The van der Waals surface area contributed by atoms with Gasteiger partial charge in [-0.15, -0.1) is 0 Å². The second-order valence-electron chi connectivity index (χ2n) is 6.38. The van der Waals surface area contributed by atoms with E-state index in [1.54, 1.807) is 18.2 Å². The molecule has 0 atom stereocenters. The smallest absolute Gasteiger partial charge is 0.357 e. The number of carbonyl (C=O) groups is 2. The highest BCUT2D eigenvalue weighted by molar-refractivity contribution is 6.01. The summed E-state index contributed by atoms with van der Waals surface area (Å²) in [7, 11) is 2.85. The lowest BCUT2D eigenvalue weighted by atomic mass is 10.1. The van der Waals surface area contributed by atoms with Gasteiger partial charge in [-0.25, -0.2) is 13.9 Å². The molecule has 2 aromatic carbocycles. The van der Waals surface area contributed by atoms with Crippen LogP contribution in [0.5, 0.6) is 5.75 Å². The molecule has 1 N–H and O–H groups in total. The quantitative estimate of drug-likeness (QED) is 0.679. The summed E-state index contributed by atoms with van der Waals surface area (Å²) in [6, 6.07) is 10.5. The number of benzene rings is 2. The fourth-order valence-corrected chi connectivity index (χ4v) is 2.92. The van der Waals surface area contributed by atoms with E-state index in [-0.39, 0.29) is 28.8 Å². The van der Waals surface area contributed by atoms with Crippen molar-refractivity contribution in [3.63, 3.8) is 0 Å². The summed E-state index contributed by atoms with van der Waals surface area (Å²) in [6.07, 6.45) is 0. The number of hydrogen-bond acceptors (Lipinski definition) is 5. The molecular weight excluding hydrogens is 381 g/mol. The average molecular weight is 399 g/mol. The number of ether oxygens (including phenoxy) is 1. The van der Waals surface area contributed by atoms with Crippen molar-refractivity contribution in [2.45, 2.75) is 13.1 Å². The number of nitrogens with zero attached hydrogens (tertiary/aromatic N) is 3. The molecule has 1 aromatic heterocycles. The van der Waals surface area contributed by atoms with Gasteiger partial charge in [-0.2, -0.15) is 5.10 Å². The largest absolute Gasteiger partial charge is 0.494 e. The second-order valence-corrected chi connectivity index (χ2v) is 6.38. The molecule has 9 heteroatoms. The zero-order valence-corrected chi connectivity index (χ0v) is 15.8. The minimum absolute atomic E-state index is 0.0911. The number of aromatic nitrogens is 2. The van der Waals surface area contributed by atoms with Gasteiger partial charge in [0.25, 0.3) is 5.56 Å². The second kappa shape index (κ2) is 8.09. The number of methoxy groups -OCH3 is 1. The van der Waals surface area contributed by atoms with Crippen molar-refractivity contribution in [1.82, 2.24) is 14.7 Å². The monoisotopic (exact) mass is 399 g/mol. The summed E-state index contributed by atoms with van der Waals surface area (Å²) in [6.45, 7) is -0.354. The van der Waals surface area contributed by atoms with Crippen molar-refractivity contribution in [1.29, 1.82) is 0 Å². The van der Waals surface area contributed by atoms with Gasteiger partial charge in [0.1, 0.15) is 6.54 Å². The van der Waals surface area contributed by atoms with Crippen molar-refractivity contribution < 1.29 is 23.8 Å². The zero-order valence-electron chi connectivity index (χ0n) is 15.8. The molecule has 8 nitrogen and oxygen atoms in total. The molecule has 0 aliphatic rings. The molecule has 0 radical (unpaired) electrons. The first-order chi connectivity index (χ1) is 13.8.